The van der Waals surface area contributed by atoms with Gasteiger partial charge in [0.05, 0.1) is 6.20 Å². The molecule has 1 aromatic heterocycles. The number of nitrogens with zero attached hydrogens (tertiary/aromatic N) is 3. The monoisotopic (exact) mass is 328 g/mol. The molecular formula is C14H24N4O3S. The minimum absolute atomic E-state index is 0.0597. The van der Waals surface area contributed by atoms with Crippen LogP contribution >= 0.6 is 0 Å². The van der Waals surface area contributed by atoms with E-state index in [1.54, 1.807) is 15.2 Å². The number of nitrogens with one attached hydrogen (secondary N) is 1. The summed E-state index contributed by atoms with van der Waals surface area (Å²) in [5, 5.41) is 6.80. The predicted molar refractivity (Wildman–Crippen MR) is 82.7 cm³/mol. The first-order chi connectivity index (χ1) is 10.4. The van der Waals surface area contributed by atoms with Gasteiger partial charge in [-0.05, 0) is 26.2 Å². The van der Waals surface area contributed by atoms with Gasteiger partial charge in [0.15, 0.2) is 0 Å². The van der Waals surface area contributed by atoms with E-state index in [9.17, 15) is 13.2 Å². The summed E-state index contributed by atoms with van der Waals surface area (Å²) in [5.74, 6) is -0.0885. The lowest BCUT2D eigenvalue weighted by molar-refractivity contribution is -0.119. The SMILES string of the molecule is CCn1cc(S(=O)(=O)N2CCCC[C@H]2CCNC(C)=O)cn1. The molecule has 0 saturated carbocycles. The normalized spacial score (nSPS) is 20.0. The van der Waals surface area contributed by atoms with Crippen molar-refractivity contribution in [2.24, 2.45) is 0 Å². The number of rotatable bonds is 6. The summed E-state index contributed by atoms with van der Waals surface area (Å²) in [5.41, 5.74) is 0. The van der Waals surface area contributed by atoms with E-state index in [4.69, 9.17) is 0 Å². The Balaban J connectivity index is 2.13. The Morgan fingerprint density at radius 1 is 1.45 bits per heavy atom. The third-order valence-electron chi connectivity index (χ3n) is 3.96. The molecule has 1 aliphatic rings. The highest BCUT2D eigenvalue weighted by Gasteiger charge is 2.33. The van der Waals surface area contributed by atoms with Gasteiger partial charge in [-0.2, -0.15) is 9.40 Å². The van der Waals surface area contributed by atoms with Gasteiger partial charge in [-0.1, -0.05) is 6.42 Å². The van der Waals surface area contributed by atoms with Crippen LogP contribution < -0.4 is 5.32 Å². The number of hydrogen-bond donors (Lipinski definition) is 1. The van der Waals surface area contributed by atoms with Crippen LogP contribution in [0.5, 0.6) is 0 Å². The Hall–Kier alpha value is -1.41. The molecule has 0 aromatic carbocycles. The summed E-state index contributed by atoms with van der Waals surface area (Å²) in [6, 6.07) is -0.0597. The van der Waals surface area contributed by atoms with Crippen LogP contribution in [0, 0.1) is 0 Å². The van der Waals surface area contributed by atoms with Crippen molar-refractivity contribution in [3.63, 3.8) is 0 Å². The fourth-order valence-corrected chi connectivity index (χ4v) is 4.46. The summed E-state index contributed by atoms with van der Waals surface area (Å²) in [6.45, 7) is 5.06. The molecular weight excluding hydrogens is 304 g/mol. The number of carbonyl (C=O) groups is 1. The maximum Gasteiger partial charge on any atom is 0.246 e. The van der Waals surface area contributed by atoms with Gasteiger partial charge in [0.2, 0.25) is 15.9 Å². The second kappa shape index (κ2) is 7.23. The molecule has 0 spiro atoms. The Bertz CT molecular complexity index is 611. The molecule has 0 bridgehead atoms. The average Bonchev–Trinajstić information content (AvgIpc) is 2.97. The summed E-state index contributed by atoms with van der Waals surface area (Å²) >= 11 is 0. The number of amides is 1. The van der Waals surface area contributed by atoms with Crippen LogP contribution in [0.1, 0.15) is 39.5 Å². The molecule has 1 aliphatic heterocycles. The fraction of sp³-hybridized carbons (Fsp3) is 0.714. The van der Waals surface area contributed by atoms with Crippen LogP contribution in [0.4, 0.5) is 0 Å². The first-order valence-electron chi connectivity index (χ1n) is 7.74. The van der Waals surface area contributed by atoms with Gasteiger partial charge in [-0.3, -0.25) is 9.48 Å². The molecule has 0 unspecified atom stereocenters. The Morgan fingerprint density at radius 2 is 2.23 bits per heavy atom. The van der Waals surface area contributed by atoms with Gasteiger partial charge in [0, 0.05) is 38.8 Å². The molecule has 22 heavy (non-hydrogen) atoms. The van der Waals surface area contributed by atoms with Crippen molar-refractivity contribution in [2.75, 3.05) is 13.1 Å². The zero-order chi connectivity index (χ0) is 16.2. The summed E-state index contributed by atoms with van der Waals surface area (Å²) in [6.07, 6.45) is 6.36. The van der Waals surface area contributed by atoms with E-state index in [1.165, 1.54) is 13.1 Å². The van der Waals surface area contributed by atoms with Crippen molar-refractivity contribution < 1.29 is 13.2 Å². The van der Waals surface area contributed by atoms with Gasteiger partial charge in [-0.25, -0.2) is 8.42 Å². The van der Waals surface area contributed by atoms with E-state index in [0.717, 1.165) is 19.3 Å². The van der Waals surface area contributed by atoms with Gasteiger partial charge in [0.1, 0.15) is 4.90 Å². The van der Waals surface area contributed by atoms with Crippen molar-refractivity contribution in [1.82, 2.24) is 19.4 Å². The highest BCUT2D eigenvalue weighted by Crippen LogP contribution is 2.26. The van der Waals surface area contributed by atoms with Crippen LogP contribution in [0.25, 0.3) is 0 Å². The standard InChI is InChI=1S/C14H24N4O3S/c1-3-17-11-14(10-16-17)22(20,21)18-9-5-4-6-13(18)7-8-15-12(2)19/h10-11,13H,3-9H2,1-2H3,(H,15,19)/t13-/m0/s1. The van der Waals surface area contributed by atoms with Gasteiger partial charge in [-0.15, -0.1) is 0 Å². The van der Waals surface area contributed by atoms with Gasteiger partial charge in [0.25, 0.3) is 0 Å². The summed E-state index contributed by atoms with van der Waals surface area (Å²) in [7, 11) is -3.51. The zero-order valence-corrected chi connectivity index (χ0v) is 14.0. The van der Waals surface area contributed by atoms with Gasteiger partial charge >= 0.3 is 0 Å². The lowest BCUT2D eigenvalue weighted by Crippen LogP contribution is -2.45. The number of sulfonamides is 1. The first kappa shape index (κ1) is 17.0. The number of hydrogen-bond acceptors (Lipinski definition) is 4. The van der Waals surface area contributed by atoms with Crippen LogP contribution in [-0.4, -0.2) is 47.5 Å². The molecule has 8 heteroatoms. The molecule has 1 N–H and O–H groups in total. The number of aromatic nitrogens is 2. The lowest BCUT2D eigenvalue weighted by atomic mass is 10.0. The van der Waals surface area contributed by atoms with Crippen molar-refractivity contribution in [2.45, 2.75) is 57.0 Å². The minimum atomic E-state index is -3.51. The zero-order valence-electron chi connectivity index (χ0n) is 13.2. The molecule has 2 heterocycles. The second-order valence-electron chi connectivity index (χ2n) is 5.57. The topological polar surface area (TPSA) is 84.3 Å². The smallest absolute Gasteiger partial charge is 0.246 e. The molecule has 1 atom stereocenters. The Morgan fingerprint density at radius 3 is 2.86 bits per heavy atom. The molecule has 1 amide bonds. The fourth-order valence-electron chi connectivity index (χ4n) is 2.78. The van der Waals surface area contributed by atoms with E-state index in [2.05, 4.69) is 10.4 Å². The largest absolute Gasteiger partial charge is 0.356 e. The molecule has 2 rings (SSSR count). The van der Waals surface area contributed by atoms with Gasteiger partial charge < -0.3 is 5.32 Å². The maximum absolute atomic E-state index is 12.8. The first-order valence-corrected chi connectivity index (χ1v) is 9.18. The summed E-state index contributed by atoms with van der Waals surface area (Å²) < 4.78 is 28.8. The third kappa shape index (κ3) is 3.86. The maximum atomic E-state index is 12.8. The lowest BCUT2D eigenvalue weighted by Gasteiger charge is -2.34. The van der Waals surface area contributed by atoms with Crippen LogP contribution in [0.3, 0.4) is 0 Å². The average molecular weight is 328 g/mol. The van der Waals surface area contributed by atoms with E-state index >= 15 is 0 Å². The molecule has 124 valence electrons. The van der Waals surface area contributed by atoms with Crippen molar-refractivity contribution >= 4 is 15.9 Å². The Labute approximate surface area is 131 Å². The number of piperidine rings is 1. The predicted octanol–water partition coefficient (Wildman–Crippen LogP) is 0.972. The van der Waals surface area contributed by atoms with E-state index in [-0.39, 0.29) is 16.8 Å². The molecule has 1 saturated heterocycles. The summed E-state index contributed by atoms with van der Waals surface area (Å²) in [4.78, 5) is 11.2. The third-order valence-corrected chi connectivity index (χ3v) is 5.87. The quantitative estimate of drug-likeness (QED) is 0.843. The molecule has 1 fully saturated rings. The highest BCUT2D eigenvalue weighted by molar-refractivity contribution is 7.89. The van der Waals surface area contributed by atoms with Crippen LogP contribution in [-0.2, 0) is 21.4 Å². The number of aryl methyl sites for hydroxylation is 1. The van der Waals surface area contributed by atoms with E-state index in [0.29, 0.717) is 26.1 Å². The molecule has 0 radical (unpaired) electrons. The second-order valence-corrected chi connectivity index (χ2v) is 7.46. The van der Waals surface area contributed by atoms with Crippen molar-refractivity contribution in [1.29, 1.82) is 0 Å². The molecule has 1 aromatic rings. The van der Waals surface area contributed by atoms with E-state index in [1.807, 2.05) is 6.92 Å². The molecule has 0 aliphatic carbocycles. The van der Waals surface area contributed by atoms with Crippen LogP contribution in [0.2, 0.25) is 0 Å². The Kier molecular flexibility index (Phi) is 5.57. The number of carbonyl (C=O) groups excluding carboxylic acids is 1. The van der Waals surface area contributed by atoms with Crippen molar-refractivity contribution in [3.8, 4) is 0 Å². The van der Waals surface area contributed by atoms with Crippen molar-refractivity contribution in [3.05, 3.63) is 12.4 Å². The highest BCUT2D eigenvalue weighted by atomic mass is 32.2. The van der Waals surface area contributed by atoms with E-state index < -0.39 is 10.0 Å². The minimum Gasteiger partial charge on any atom is -0.356 e. The van der Waals surface area contributed by atoms with Crippen LogP contribution in [0.15, 0.2) is 17.3 Å². The molecule has 7 nitrogen and oxygen atoms in total.